The van der Waals surface area contributed by atoms with E-state index in [2.05, 4.69) is 30.3 Å². The number of hydrogen-bond acceptors (Lipinski definition) is 2. The van der Waals surface area contributed by atoms with Gasteiger partial charge in [-0.3, -0.25) is 0 Å². The number of carbonyl (C=O) groups excluding carboxylic acids is 1. The Bertz CT molecular complexity index is 1060. The molecule has 134 valence electrons. The van der Waals surface area contributed by atoms with Crippen LogP contribution in [0.5, 0.6) is 5.75 Å². The normalized spacial score (nSPS) is 16.4. The van der Waals surface area contributed by atoms with Crippen molar-refractivity contribution >= 4 is 33.2 Å². The van der Waals surface area contributed by atoms with Gasteiger partial charge in [0.2, 0.25) is 0 Å². The third-order valence-corrected chi connectivity index (χ3v) is 7.98. The Hall–Kier alpha value is -2.52. The van der Waals surface area contributed by atoms with Gasteiger partial charge in [-0.1, -0.05) is 48.5 Å². The number of carbonyl (C=O) groups is 1. The van der Waals surface area contributed by atoms with Crippen LogP contribution in [-0.2, 0) is 22.1 Å². The van der Waals surface area contributed by atoms with Crippen molar-refractivity contribution in [3.63, 3.8) is 0 Å². The topological polar surface area (TPSA) is 26.3 Å². The van der Waals surface area contributed by atoms with Gasteiger partial charge in [0.15, 0.2) is 4.90 Å². The molecule has 0 radical (unpaired) electrons. The van der Waals surface area contributed by atoms with Crippen LogP contribution in [0.15, 0.2) is 71.6 Å². The van der Waals surface area contributed by atoms with Crippen LogP contribution < -0.4 is 4.74 Å². The molecule has 0 atom stereocenters. The fraction of sp³-hybridized carbons (Fsp3) is 0.208. The fourth-order valence-electron chi connectivity index (χ4n) is 4.09. The Morgan fingerprint density at radius 3 is 2.44 bits per heavy atom. The second-order valence-electron chi connectivity index (χ2n) is 7.08. The molecule has 0 saturated carbocycles. The maximum absolute atomic E-state index is 12.9. The summed E-state index contributed by atoms with van der Waals surface area (Å²) in [4.78, 5) is 14.3. The van der Waals surface area contributed by atoms with Gasteiger partial charge in [0.05, 0.1) is 5.57 Å². The molecule has 3 aromatic rings. The Morgan fingerprint density at radius 2 is 1.59 bits per heavy atom. The van der Waals surface area contributed by atoms with Crippen molar-refractivity contribution in [3.8, 4) is 5.75 Å². The lowest BCUT2D eigenvalue weighted by Gasteiger charge is -2.11. The SMILES string of the molecule is O=C(Oc1ccc([S+]2CCCC2)c2ccccc12)C1=CCc2ccccc21. The molecule has 1 aliphatic heterocycles. The van der Waals surface area contributed by atoms with Gasteiger partial charge in [-0.15, -0.1) is 0 Å². The van der Waals surface area contributed by atoms with Crippen LogP contribution in [-0.4, -0.2) is 17.5 Å². The van der Waals surface area contributed by atoms with Gasteiger partial charge in [-0.2, -0.15) is 0 Å². The molecular weight excluding hydrogens is 352 g/mol. The molecule has 1 fully saturated rings. The van der Waals surface area contributed by atoms with Crippen LogP contribution in [0.2, 0.25) is 0 Å². The molecule has 0 amide bonds. The summed E-state index contributed by atoms with van der Waals surface area (Å²) < 4.78 is 5.88. The summed E-state index contributed by atoms with van der Waals surface area (Å²) in [5.74, 6) is 2.97. The molecule has 1 heterocycles. The lowest BCUT2D eigenvalue weighted by molar-refractivity contribution is -0.127. The molecule has 2 nitrogen and oxygen atoms in total. The zero-order valence-electron chi connectivity index (χ0n) is 15.1. The summed E-state index contributed by atoms with van der Waals surface area (Å²) in [5, 5.41) is 2.27. The molecule has 3 aromatic carbocycles. The summed E-state index contributed by atoms with van der Waals surface area (Å²) in [7, 11) is 0.330. The standard InChI is InChI=1S/C24H21O2S/c25-24(21-12-11-17-7-1-2-8-18(17)21)26-22-13-14-23(27-15-5-6-16-27)20-10-4-3-9-19(20)22/h1-4,7-10,12-14H,5-6,11,15-16H2/q+1. The van der Waals surface area contributed by atoms with E-state index in [9.17, 15) is 4.79 Å². The number of fused-ring (bicyclic) bond motifs is 2. The molecule has 1 aliphatic carbocycles. The first-order chi connectivity index (χ1) is 13.3. The average Bonchev–Trinajstić information content (AvgIpc) is 3.38. The molecule has 0 unspecified atom stereocenters. The summed E-state index contributed by atoms with van der Waals surface area (Å²) in [6.07, 6.45) is 5.41. The fourth-order valence-corrected chi connectivity index (χ4v) is 6.59. The summed E-state index contributed by atoms with van der Waals surface area (Å²) in [5.41, 5.74) is 2.86. The highest BCUT2D eigenvalue weighted by atomic mass is 32.2. The summed E-state index contributed by atoms with van der Waals surface area (Å²) in [6.45, 7) is 0. The highest BCUT2D eigenvalue weighted by Crippen LogP contribution is 2.36. The Kier molecular flexibility index (Phi) is 4.25. The minimum atomic E-state index is -0.263. The number of ether oxygens (including phenoxy) is 1. The van der Waals surface area contributed by atoms with Crippen LogP contribution in [0.4, 0.5) is 0 Å². The van der Waals surface area contributed by atoms with Crippen LogP contribution in [0, 0.1) is 0 Å². The second kappa shape index (κ2) is 6.90. The predicted octanol–water partition coefficient (Wildman–Crippen LogP) is 5.16. The van der Waals surface area contributed by atoms with E-state index in [1.807, 2.05) is 36.4 Å². The summed E-state index contributed by atoms with van der Waals surface area (Å²) in [6, 6.07) is 20.5. The third-order valence-electron chi connectivity index (χ3n) is 5.44. The monoisotopic (exact) mass is 373 g/mol. The van der Waals surface area contributed by atoms with Gasteiger partial charge in [-0.25, -0.2) is 4.79 Å². The molecule has 5 rings (SSSR count). The smallest absolute Gasteiger partial charge is 0.343 e. The maximum Gasteiger partial charge on any atom is 0.343 e. The quantitative estimate of drug-likeness (QED) is 0.360. The van der Waals surface area contributed by atoms with E-state index in [1.165, 1.54) is 40.2 Å². The van der Waals surface area contributed by atoms with Crippen molar-refractivity contribution in [2.75, 3.05) is 11.5 Å². The van der Waals surface area contributed by atoms with Crippen molar-refractivity contribution in [1.82, 2.24) is 0 Å². The highest BCUT2D eigenvalue weighted by molar-refractivity contribution is 7.97. The maximum atomic E-state index is 12.9. The number of allylic oxidation sites excluding steroid dienone is 1. The molecule has 1 saturated heterocycles. The van der Waals surface area contributed by atoms with Crippen molar-refractivity contribution in [1.29, 1.82) is 0 Å². The van der Waals surface area contributed by atoms with Crippen LogP contribution in [0.25, 0.3) is 16.3 Å². The van der Waals surface area contributed by atoms with Crippen molar-refractivity contribution in [3.05, 3.63) is 77.9 Å². The van der Waals surface area contributed by atoms with Gasteiger partial charge in [-0.05, 0) is 48.6 Å². The van der Waals surface area contributed by atoms with E-state index < -0.39 is 0 Å². The molecule has 27 heavy (non-hydrogen) atoms. The van der Waals surface area contributed by atoms with Crippen LogP contribution >= 0.6 is 0 Å². The average molecular weight is 373 g/mol. The largest absolute Gasteiger partial charge is 0.422 e. The zero-order chi connectivity index (χ0) is 18.2. The van der Waals surface area contributed by atoms with E-state index in [0.717, 1.165) is 17.4 Å². The molecule has 0 N–H and O–H groups in total. The number of rotatable bonds is 3. The Balaban J connectivity index is 1.49. The first kappa shape index (κ1) is 16.6. The number of esters is 1. The van der Waals surface area contributed by atoms with E-state index in [0.29, 0.717) is 22.2 Å². The minimum Gasteiger partial charge on any atom is -0.422 e. The minimum absolute atomic E-state index is 0.263. The van der Waals surface area contributed by atoms with Gasteiger partial charge in [0.25, 0.3) is 0 Å². The first-order valence-corrected chi connectivity index (χ1v) is 11.1. The third kappa shape index (κ3) is 2.96. The van der Waals surface area contributed by atoms with E-state index in [1.54, 1.807) is 0 Å². The van der Waals surface area contributed by atoms with Crippen LogP contribution in [0.1, 0.15) is 24.0 Å². The molecule has 3 heteroatoms. The Labute approximate surface area is 162 Å². The molecule has 0 bridgehead atoms. The lowest BCUT2D eigenvalue weighted by atomic mass is 10.1. The predicted molar refractivity (Wildman–Crippen MR) is 112 cm³/mol. The van der Waals surface area contributed by atoms with E-state index in [-0.39, 0.29) is 5.97 Å². The van der Waals surface area contributed by atoms with Crippen molar-refractivity contribution in [2.45, 2.75) is 24.2 Å². The number of hydrogen-bond donors (Lipinski definition) is 0. The highest BCUT2D eigenvalue weighted by Gasteiger charge is 2.29. The van der Waals surface area contributed by atoms with E-state index >= 15 is 0 Å². The molecule has 2 aliphatic rings. The van der Waals surface area contributed by atoms with Gasteiger partial charge < -0.3 is 4.74 Å². The number of benzene rings is 3. The Morgan fingerprint density at radius 1 is 0.852 bits per heavy atom. The summed E-state index contributed by atoms with van der Waals surface area (Å²) >= 11 is 0. The molecule has 0 spiro atoms. The van der Waals surface area contributed by atoms with Crippen LogP contribution in [0.3, 0.4) is 0 Å². The molecular formula is C24H21O2S+. The first-order valence-electron chi connectivity index (χ1n) is 9.51. The van der Waals surface area contributed by atoms with Gasteiger partial charge in [0, 0.05) is 21.7 Å². The van der Waals surface area contributed by atoms with Crippen molar-refractivity contribution < 1.29 is 9.53 Å². The van der Waals surface area contributed by atoms with Gasteiger partial charge >= 0.3 is 5.97 Å². The lowest BCUT2D eigenvalue weighted by Crippen LogP contribution is -2.11. The molecule has 0 aromatic heterocycles. The van der Waals surface area contributed by atoms with Crippen molar-refractivity contribution in [2.24, 2.45) is 0 Å². The van der Waals surface area contributed by atoms with E-state index in [4.69, 9.17) is 4.74 Å². The second-order valence-corrected chi connectivity index (χ2v) is 9.33. The zero-order valence-corrected chi connectivity index (χ0v) is 15.9. The van der Waals surface area contributed by atoms with Gasteiger partial charge in [0.1, 0.15) is 17.3 Å².